The van der Waals surface area contributed by atoms with E-state index in [1.807, 2.05) is 30.3 Å². The molecule has 3 rings (SSSR count). The zero-order valence-electron chi connectivity index (χ0n) is 17.8. The molecule has 162 valence electrons. The maximum atomic E-state index is 13.1. The molecular formula is C23H30N2O4S. The van der Waals surface area contributed by atoms with Crippen LogP contribution in [0, 0.1) is 12.8 Å². The van der Waals surface area contributed by atoms with Crippen molar-refractivity contribution in [2.45, 2.75) is 38.1 Å². The highest BCUT2D eigenvalue weighted by Gasteiger charge is 2.28. The lowest BCUT2D eigenvalue weighted by Gasteiger charge is -2.27. The Hall–Kier alpha value is -2.22. The molecule has 1 heterocycles. The zero-order valence-corrected chi connectivity index (χ0v) is 18.6. The largest absolute Gasteiger partial charge is 0.379 e. The fraction of sp³-hybridized carbons (Fsp3) is 0.435. The van der Waals surface area contributed by atoms with Gasteiger partial charge in [0.25, 0.3) is 5.91 Å². The summed E-state index contributed by atoms with van der Waals surface area (Å²) in [6.45, 7) is 7.38. The summed E-state index contributed by atoms with van der Waals surface area (Å²) in [6.07, 6.45) is 0.792. The van der Waals surface area contributed by atoms with Crippen LogP contribution in [0.5, 0.6) is 0 Å². The number of hydrogen-bond donors (Lipinski definition) is 1. The SMILES string of the molecule is Cc1ccc(C(=O)N[C@H](CC(C)C)c2ccccc2)cc1S(=O)(=O)N1CCOCC1. The molecule has 1 atom stereocenters. The highest BCUT2D eigenvalue weighted by molar-refractivity contribution is 7.89. The molecule has 1 amide bonds. The standard InChI is InChI=1S/C23H30N2O4S/c1-17(2)15-21(19-7-5-4-6-8-19)24-23(26)20-10-9-18(3)22(16-20)30(27,28)25-11-13-29-14-12-25/h4-10,16-17,21H,11-15H2,1-3H3,(H,24,26)/t21-/m1/s1. The van der Waals surface area contributed by atoms with Gasteiger partial charge in [0, 0.05) is 18.7 Å². The van der Waals surface area contributed by atoms with Gasteiger partial charge >= 0.3 is 0 Å². The second kappa shape index (κ2) is 9.73. The molecule has 2 aromatic rings. The highest BCUT2D eigenvalue weighted by atomic mass is 32.2. The molecule has 0 spiro atoms. The Morgan fingerprint density at radius 1 is 1.10 bits per heavy atom. The van der Waals surface area contributed by atoms with E-state index in [1.165, 1.54) is 10.4 Å². The van der Waals surface area contributed by atoms with Crippen molar-refractivity contribution in [1.29, 1.82) is 0 Å². The van der Waals surface area contributed by atoms with Crippen molar-refractivity contribution in [3.8, 4) is 0 Å². The molecule has 1 fully saturated rings. The van der Waals surface area contributed by atoms with Crippen LogP contribution < -0.4 is 5.32 Å². The Morgan fingerprint density at radius 3 is 2.40 bits per heavy atom. The number of aryl methyl sites for hydroxylation is 1. The van der Waals surface area contributed by atoms with Gasteiger partial charge < -0.3 is 10.1 Å². The second-order valence-corrected chi connectivity index (χ2v) is 9.97. The summed E-state index contributed by atoms with van der Waals surface area (Å²) in [5.41, 5.74) is 2.00. The molecule has 2 aromatic carbocycles. The first-order valence-corrected chi connectivity index (χ1v) is 11.8. The van der Waals surface area contributed by atoms with Crippen LogP contribution in [-0.2, 0) is 14.8 Å². The highest BCUT2D eigenvalue weighted by Crippen LogP contribution is 2.25. The normalized spacial score (nSPS) is 16.4. The summed E-state index contributed by atoms with van der Waals surface area (Å²) in [5.74, 6) is 0.119. The molecule has 30 heavy (non-hydrogen) atoms. The van der Waals surface area contributed by atoms with E-state index in [4.69, 9.17) is 4.74 Å². The number of ether oxygens (including phenoxy) is 1. The lowest BCUT2D eigenvalue weighted by Crippen LogP contribution is -2.41. The number of amides is 1. The van der Waals surface area contributed by atoms with Crippen LogP contribution in [0.1, 0.15) is 47.8 Å². The molecule has 1 saturated heterocycles. The monoisotopic (exact) mass is 430 g/mol. The molecule has 0 saturated carbocycles. The van der Waals surface area contributed by atoms with Gasteiger partial charge in [-0.15, -0.1) is 0 Å². The van der Waals surface area contributed by atoms with E-state index >= 15 is 0 Å². The van der Waals surface area contributed by atoms with Crippen LogP contribution in [0.2, 0.25) is 0 Å². The van der Waals surface area contributed by atoms with Crippen LogP contribution in [0.15, 0.2) is 53.4 Å². The average molecular weight is 431 g/mol. The number of carbonyl (C=O) groups is 1. The van der Waals surface area contributed by atoms with Gasteiger partial charge in [0.2, 0.25) is 10.0 Å². The van der Waals surface area contributed by atoms with Gasteiger partial charge in [-0.25, -0.2) is 8.42 Å². The molecule has 0 unspecified atom stereocenters. The number of morpholine rings is 1. The van der Waals surface area contributed by atoms with Gasteiger partial charge in [0.15, 0.2) is 0 Å². The summed E-state index contributed by atoms with van der Waals surface area (Å²) >= 11 is 0. The number of benzene rings is 2. The van der Waals surface area contributed by atoms with Gasteiger partial charge in [-0.05, 0) is 42.5 Å². The number of nitrogens with zero attached hydrogens (tertiary/aromatic N) is 1. The van der Waals surface area contributed by atoms with Gasteiger partial charge in [0.1, 0.15) is 0 Å². The minimum Gasteiger partial charge on any atom is -0.379 e. The summed E-state index contributed by atoms with van der Waals surface area (Å²) < 4.78 is 32.9. The lowest BCUT2D eigenvalue weighted by molar-refractivity contribution is 0.0730. The first-order valence-electron chi connectivity index (χ1n) is 10.3. The third-order valence-electron chi connectivity index (χ3n) is 5.25. The molecular weight excluding hydrogens is 400 g/mol. The van der Waals surface area contributed by atoms with Crippen LogP contribution in [-0.4, -0.2) is 44.9 Å². The van der Waals surface area contributed by atoms with Crippen LogP contribution in [0.4, 0.5) is 0 Å². The van der Waals surface area contributed by atoms with Crippen molar-refractivity contribution >= 4 is 15.9 Å². The lowest BCUT2D eigenvalue weighted by atomic mass is 9.96. The Bertz CT molecular complexity index is 968. The first kappa shape index (κ1) is 22.5. The number of hydrogen-bond acceptors (Lipinski definition) is 4. The number of nitrogens with one attached hydrogen (secondary N) is 1. The van der Waals surface area contributed by atoms with E-state index in [0.717, 1.165) is 12.0 Å². The number of rotatable bonds is 7. The number of carbonyl (C=O) groups excluding carboxylic acids is 1. The maximum absolute atomic E-state index is 13.1. The Balaban J connectivity index is 1.86. The second-order valence-electron chi connectivity index (χ2n) is 8.06. The van der Waals surface area contributed by atoms with Crippen LogP contribution >= 0.6 is 0 Å². The minimum atomic E-state index is -3.68. The van der Waals surface area contributed by atoms with Gasteiger partial charge in [-0.2, -0.15) is 4.31 Å². The van der Waals surface area contributed by atoms with E-state index in [2.05, 4.69) is 19.2 Å². The third kappa shape index (κ3) is 5.28. The fourth-order valence-corrected chi connectivity index (χ4v) is 5.28. The summed E-state index contributed by atoms with van der Waals surface area (Å²) in [5, 5.41) is 3.09. The first-order chi connectivity index (χ1) is 14.3. The third-order valence-corrected chi connectivity index (χ3v) is 7.29. The Morgan fingerprint density at radius 2 is 1.77 bits per heavy atom. The van der Waals surface area contributed by atoms with Crippen molar-refractivity contribution in [3.63, 3.8) is 0 Å². The van der Waals surface area contributed by atoms with Crippen molar-refractivity contribution in [2.24, 2.45) is 5.92 Å². The van der Waals surface area contributed by atoms with Crippen molar-refractivity contribution in [2.75, 3.05) is 26.3 Å². The number of sulfonamides is 1. The quantitative estimate of drug-likeness (QED) is 0.729. The zero-order chi connectivity index (χ0) is 21.7. The molecule has 0 aliphatic carbocycles. The molecule has 0 bridgehead atoms. The molecule has 6 nitrogen and oxygen atoms in total. The molecule has 0 aromatic heterocycles. The average Bonchev–Trinajstić information content (AvgIpc) is 2.74. The minimum absolute atomic E-state index is 0.140. The maximum Gasteiger partial charge on any atom is 0.251 e. The van der Waals surface area contributed by atoms with Crippen LogP contribution in [0.3, 0.4) is 0 Å². The molecule has 0 radical (unpaired) electrons. The molecule has 1 aliphatic heterocycles. The van der Waals surface area contributed by atoms with E-state index < -0.39 is 10.0 Å². The smallest absolute Gasteiger partial charge is 0.251 e. The summed E-state index contributed by atoms with van der Waals surface area (Å²) in [6, 6.07) is 14.6. The van der Waals surface area contributed by atoms with Crippen molar-refractivity contribution in [1.82, 2.24) is 9.62 Å². The summed E-state index contributed by atoms with van der Waals surface area (Å²) in [7, 11) is -3.68. The predicted octanol–water partition coefficient (Wildman–Crippen LogP) is 3.53. The van der Waals surface area contributed by atoms with Crippen LogP contribution in [0.25, 0.3) is 0 Å². The van der Waals surface area contributed by atoms with E-state index in [-0.39, 0.29) is 16.8 Å². The van der Waals surface area contributed by atoms with E-state index in [0.29, 0.717) is 43.3 Å². The van der Waals surface area contributed by atoms with E-state index in [9.17, 15) is 13.2 Å². The van der Waals surface area contributed by atoms with E-state index in [1.54, 1.807) is 19.1 Å². The summed E-state index contributed by atoms with van der Waals surface area (Å²) in [4.78, 5) is 13.2. The Labute approximate surface area is 179 Å². The fourth-order valence-electron chi connectivity index (χ4n) is 3.62. The van der Waals surface area contributed by atoms with Crippen molar-refractivity contribution in [3.05, 3.63) is 65.2 Å². The molecule has 7 heteroatoms. The molecule has 1 aliphatic rings. The van der Waals surface area contributed by atoms with Gasteiger partial charge in [-0.3, -0.25) is 4.79 Å². The Kier molecular flexibility index (Phi) is 7.28. The van der Waals surface area contributed by atoms with Gasteiger partial charge in [0.05, 0.1) is 24.2 Å². The van der Waals surface area contributed by atoms with Gasteiger partial charge in [-0.1, -0.05) is 50.2 Å². The predicted molar refractivity (Wildman–Crippen MR) is 117 cm³/mol. The topological polar surface area (TPSA) is 75.7 Å². The van der Waals surface area contributed by atoms with Crippen molar-refractivity contribution < 1.29 is 17.9 Å². The molecule has 1 N–H and O–H groups in total.